The topological polar surface area (TPSA) is 52.7 Å². The summed E-state index contributed by atoms with van der Waals surface area (Å²) in [6.07, 6.45) is 3.50. The quantitative estimate of drug-likeness (QED) is 0.795. The molecule has 0 spiro atoms. The zero-order chi connectivity index (χ0) is 21.6. The smallest absolute Gasteiger partial charge is 0.318 e. The van der Waals surface area contributed by atoms with Crippen LogP contribution in [0.25, 0.3) is 0 Å². The highest BCUT2D eigenvalue weighted by Crippen LogP contribution is 2.43. The molecule has 0 bridgehead atoms. The Morgan fingerprint density at radius 2 is 1.77 bits per heavy atom. The van der Waals surface area contributed by atoms with E-state index in [9.17, 15) is 9.59 Å². The molecule has 2 fully saturated rings. The first-order valence-electron chi connectivity index (χ1n) is 11.5. The molecular weight excluding hydrogens is 386 g/mol. The van der Waals surface area contributed by atoms with E-state index in [0.717, 1.165) is 37.8 Å². The van der Waals surface area contributed by atoms with Gasteiger partial charge in [-0.15, -0.1) is 0 Å². The van der Waals surface area contributed by atoms with E-state index in [4.69, 9.17) is 0 Å². The number of carbonyl (C=O) groups is 2. The SMILES string of the molecule is CC(C)(NC(=O)N1CCC[C@H]2C(=O)N3CCc4ccccc4[C@@H]3C[C@H]21)c1ccccc1. The number of rotatable bonds is 2. The van der Waals surface area contributed by atoms with Crippen LogP contribution in [0.4, 0.5) is 4.79 Å². The number of piperidine rings is 2. The molecule has 0 aromatic heterocycles. The van der Waals surface area contributed by atoms with Gasteiger partial charge in [-0.05, 0) is 56.2 Å². The van der Waals surface area contributed by atoms with E-state index in [1.165, 1.54) is 11.1 Å². The number of nitrogens with zero attached hydrogens (tertiary/aromatic N) is 2. The van der Waals surface area contributed by atoms with Crippen LogP contribution in [0.3, 0.4) is 0 Å². The number of amides is 3. The average Bonchev–Trinajstić information content (AvgIpc) is 2.79. The number of likely N-dealkylation sites (tertiary alicyclic amines) is 1. The van der Waals surface area contributed by atoms with Crippen molar-refractivity contribution in [3.8, 4) is 0 Å². The molecule has 0 aliphatic carbocycles. The fraction of sp³-hybridized carbons (Fsp3) is 0.462. The molecule has 5 rings (SSSR count). The highest BCUT2D eigenvalue weighted by molar-refractivity contribution is 5.84. The molecule has 31 heavy (non-hydrogen) atoms. The molecule has 3 heterocycles. The number of urea groups is 1. The van der Waals surface area contributed by atoms with Crippen molar-refractivity contribution in [3.05, 3.63) is 71.3 Å². The Balaban J connectivity index is 1.40. The van der Waals surface area contributed by atoms with Crippen LogP contribution in [0.5, 0.6) is 0 Å². The largest absolute Gasteiger partial charge is 0.335 e. The van der Waals surface area contributed by atoms with Crippen LogP contribution in [-0.2, 0) is 16.8 Å². The summed E-state index contributed by atoms with van der Waals surface area (Å²) in [6, 6.07) is 18.5. The predicted octanol–water partition coefficient (Wildman–Crippen LogP) is 4.24. The molecule has 3 aliphatic heterocycles. The van der Waals surface area contributed by atoms with Gasteiger partial charge in [0.15, 0.2) is 0 Å². The Morgan fingerprint density at radius 3 is 2.58 bits per heavy atom. The molecule has 2 aromatic rings. The minimum Gasteiger partial charge on any atom is -0.335 e. The summed E-state index contributed by atoms with van der Waals surface area (Å²) in [5.74, 6) is 0.149. The van der Waals surface area contributed by atoms with Crippen molar-refractivity contribution in [2.24, 2.45) is 5.92 Å². The van der Waals surface area contributed by atoms with E-state index in [2.05, 4.69) is 34.5 Å². The maximum Gasteiger partial charge on any atom is 0.318 e. The number of benzene rings is 2. The maximum atomic E-state index is 13.4. The highest BCUT2D eigenvalue weighted by Gasteiger charge is 2.49. The van der Waals surface area contributed by atoms with Crippen molar-refractivity contribution in [1.29, 1.82) is 0 Å². The number of fused-ring (bicyclic) bond motifs is 4. The predicted molar refractivity (Wildman–Crippen MR) is 120 cm³/mol. The molecule has 0 radical (unpaired) electrons. The molecule has 162 valence electrons. The number of hydrogen-bond donors (Lipinski definition) is 1. The lowest BCUT2D eigenvalue weighted by atomic mass is 9.76. The Bertz CT molecular complexity index is 987. The number of hydrogen-bond acceptors (Lipinski definition) is 2. The second kappa shape index (κ2) is 7.70. The van der Waals surface area contributed by atoms with E-state index in [1.807, 2.05) is 49.1 Å². The molecule has 1 N–H and O–H groups in total. The highest BCUT2D eigenvalue weighted by atomic mass is 16.2. The molecule has 3 amide bonds. The van der Waals surface area contributed by atoms with Gasteiger partial charge in [0, 0.05) is 19.1 Å². The third-order valence-electron chi connectivity index (χ3n) is 7.43. The summed E-state index contributed by atoms with van der Waals surface area (Å²) < 4.78 is 0. The summed E-state index contributed by atoms with van der Waals surface area (Å²) in [4.78, 5) is 30.9. The van der Waals surface area contributed by atoms with E-state index in [1.54, 1.807) is 0 Å². The van der Waals surface area contributed by atoms with Crippen LogP contribution in [0.2, 0.25) is 0 Å². The van der Waals surface area contributed by atoms with Gasteiger partial charge in [-0.2, -0.15) is 0 Å². The zero-order valence-electron chi connectivity index (χ0n) is 18.4. The lowest BCUT2D eigenvalue weighted by molar-refractivity contribution is -0.148. The van der Waals surface area contributed by atoms with Gasteiger partial charge in [0.05, 0.1) is 17.5 Å². The van der Waals surface area contributed by atoms with Crippen molar-refractivity contribution in [1.82, 2.24) is 15.1 Å². The molecule has 2 saturated heterocycles. The Hall–Kier alpha value is -2.82. The summed E-state index contributed by atoms with van der Waals surface area (Å²) in [6.45, 7) is 5.57. The van der Waals surface area contributed by atoms with Gasteiger partial charge in [-0.1, -0.05) is 54.6 Å². The first kappa shape index (κ1) is 20.1. The van der Waals surface area contributed by atoms with Crippen LogP contribution in [0, 0.1) is 5.92 Å². The minimum absolute atomic E-state index is 0.0415. The van der Waals surface area contributed by atoms with Crippen LogP contribution in [0.1, 0.15) is 55.8 Å². The Labute approximate surface area is 184 Å². The third-order valence-corrected chi connectivity index (χ3v) is 7.43. The normalized spacial score (nSPS) is 25.4. The van der Waals surface area contributed by atoms with Crippen molar-refractivity contribution in [2.45, 2.75) is 57.2 Å². The summed E-state index contributed by atoms with van der Waals surface area (Å²) in [7, 11) is 0. The van der Waals surface area contributed by atoms with Gasteiger partial charge < -0.3 is 15.1 Å². The van der Waals surface area contributed by atoms with E-state index in [-0.39, 0.29) is 29.9 Å². The third kappa shape index (κ3) is 3.50. The van der Waals surface area contributed by atoms with Crippen LogP contribution < -0.4 is 5.32 Å². The molecule has 2 aromatic carbocycles. The van der Waals surface area contributed by atoms with Gasteiger partial charge in [0.25, 0.3) is 0 Å². The zero-order valence-corrected chi connectivity index (χ0v) is 18.4. The fourth-order valence-electron chi connectivity index (χ4n) is 5.77. The Morgan fingerprint density at radius 1 is 1.03 bits per heavy atom. The molecular formula is C26H31N3O2. The lowest BCUT2D eigenvalue weighted by Gasteiger charge is -2.51. The summed E-state index contributed by atoms with van der Waals surface area (Å²) in [5, 5.41) is 3.24. The molecule has 0 saturated carbocycles. The van der Waals surface area contributed by atoms with Crippen LogP contribution in [0.15, 0.2) is 54.6 Å². The van der Waals surface area contributed by atoms with Gasteiger partial charge in [-0.3, -0.25) is 4.79 Å². The van der Waals surface area contributed by atoms with Crippen molar-refractivity contribution < 1.29 is 9.59 Å². The van der Waals surface area contributed by atoms with E-state index in [0.29, 0.717) is 6.54 Å². The van der Waals surface area contributed by atoms with E-state index < -0.39 is 5.54 Å². The Kier molecular flexibility index (Phi) is 4.99. The average molecular weight is 418 g/mol. The molecule has 5 nitrogen and oxygen atoms in total. The van der Waals surface area contributed by atoms with E-state index >= 15 is 0 Å². The molecule has 0 unspecified atom stereocenters. The second-order valence-corrected chi connectivity index (χ2v) is 9.66. The van der Waals surface area contributed by atoms with Crippen molar-refractivity contribution >= 4 is 11.9 Å². The monoisotopic (exact) mass is 417 g/mol. The minimum atomic E-state index is -0.479. The van der Waals surface area contributed by atoms with Gasteiger partial charge in [0.1, 0.15) is 0 Å². The maximum absolute atomic E-state index is 13.4. The summed E-state index contributed by atoms with van der Waals surface area (Å²) in [5.41, 5.74) is 3.19. The van der Waals surface area contributed by atoms with Crippen molar-refractivity contribution in [3.63, 3.8) is 0 Å². The van der Waals surface area contributed by atoms with Crippen LogP contribution in [-0.4, -0.2) is 40.9 Å². The van der Waals surface area contributed by atoms with Crippen molar-refractivity contribution in [2.75, 3.05) is 13.1 Å². The lowest BCUT2D eigenvalue weighted by Crippen LogP contribution is -2.62. The number of nitrogens with one attached hydrogen (secondary N) is 1. The van der Waals surface area contributed by atoms with Gasteiger partial charge in [-0.25, -0.2) is 4.79 Å². The fourth-order valence-corrected chi connectivity index (χ4v) is 5.77. The van der Waals surface area contributed by atoms with Crippen LogP contribution >= 0.6 is 0 Å². The van der Waals surface area contributed by atoms with Gasteiger partial charge >= 0.3 is 6.03 Å². The van der Waals surface area contributed by atoms with Gasteiger partial charge in [0.2, 0.25) is 5.91 Å². The molecule has 3 aliphatic rings. The number of carbonyl (C=O) groups excluding carboxylic acids is 2. The second-order valence-electron chi connectivity index (χ2n) is 9.66. The molecule has 5 heteroatoms. The standard InChI is InChI=1S/C26H31N3O2/c1-26(2,19-10-4-3-5-11-19)27-25(31)29-15-8-13-21-23(29)17-22-20-12-7-6-9-18(20)14-16-28(22)24(21)30/h3-7,9-12,21-23H,8,13-17H2,1-2H3,(H,27,31)/t21-,22+,23-/m1/s1. The first-order chi connectivity index (χ1) is 15.0. The molecule has 3 atom stereocenters. The summed E-state index contributed by atoms with van der Waals surface area (Å²) >= 11 is 0. The first-order valence-corrected chi connectivity index (χ1v) is 11.5.